The van der Waals surface area contributed by atoms with E-state index in [1.807, 2.05) is 27.8 Å². The fourth-order valence-corrected chi connectivity index (χ4v) is 2.53. The smallest absolute Gasteiger partial charge is 0.407 e. The third-order valence-corrected chi connectivity index (χ3v) is 3.53. The van der Waals surface area contributed by atoms with Gasteiger partial charge in [0.1, 0.15) is 5.60 Å². The van der Waals surface area contributed by atoms with Gasteiger partial charge < -0.3 is 10.1 Å². The molecule has 1 rings (SSSR count). The summed E-state index contributed by atoms with van der Waals surface area (Å²) in [5.74, 6) is 0.561. The summed E-state index contributed by atoms with van der Waals surface area (Å²) in [7, 11) is 1.93. The molecule has 0 atom stereocenters. The maximum absolute atomic E-state index is 11.5. The Morgan fingerprint density at radius 1 is 1.39 bits per heavy atom. The minimum Gasteiger partial charge on any atom is -0.444 e. The van der Waals surface area contributed by atoms with Crippen LogP contribution in [-0.2, 0) is 4.74 Å². The van der Waals surface area contributed by atoms with Crippen LogP contribution < -0.4 is 10.0 Å². The van der Waals surface area contributed by atoms with Gasteiger partial charge in [-0.3, -0.25) is 4.72 Å². The first kappa shape index (κ1) is 15.6. The average Bonchev–Trinajstić information content (AvgIpc) is 2.26. The van der Waals surface area contributed by atoms with Crippen LogP contribution in [0.2, 0.25) is 0 Å². The molecule has 1 heterocycles. The lowest BCUT2D eigenvalue weighted by Gasteiger charge is -2.30. The average molecular weight is 275 g/mol. The molecule has 0 saturated carbocycles. The summed E-state index contributed by atoms with van der Waals surface area (Å²) in [6.07, 6.45) is 1.92. The number of hydrogen-bond acceptors (Lipinski definition) is 5. The second-order valence-corrected chi connectivity index (χ2v) is 6.66. The lowest BCUT2D eigenvalue weighted by atomic mass is 9.98. The molecule has 0 unspecified atom stereocenters. The van der Waals surface area contributed by atoms with Crippen molar-refractivity contribution in [2.24, 2.45) is 5.92 Å². The second kappa shape index (κ2) is 7.21. The van der Waals surface area contributed by atoms with Gasteiger partial charge >= 0.3 is 6.09 Å². The molecule has 1 fully saturated rings. The van der Waals surface area contributed by atoms with E-state index < -0.39 is 5.60 Å². The highest BCUT2D eigenvalue weighted by molar-refractivity contribution is 7.95. The molecule has 1 amide bonds. The lowest BCUT2D eigenvalue weighted by molar-refractivity contribution is 0.0514. The monoisotopic (exact) mass is 275 g/mol. The van der Waals surface area contributed by atoms with Crippen molar-refractivity contribution in [1.29, 1.82) is 0 Å². The number of rotatable bonds is 4. The number of hydrogen-bond donors (Lipinski definition) is 2. The van der Waals surface area contributed by atoms with Gasteiger partial charge in [0.05, 0.1) is 0 Å². The van der Waals surface area contributed by atoms with E-state index in [1.165, 1.54) is 0 Å². The van der Waals surface area contributed by atoms with Crippen molar-refractivity contribution in [3.63, 3.8) is 0 Å². The van der Waals surface area contributed by atoms with E-state index in [4.69, 9.17) is 4.74 Å². The van der Waals surface area contributed by atoms with Crippen molar-refractivity contribution < 1.29 is 9.53 Å². The van der Waals surface area contributed by atoms with Crippen molar-refractivity contribution in [3.05, 3.63) is 0 Å². The molecule has 106 valence electrons. The number of piperidine rings is 1. The van der Waals surface area contributed by atoms with Crippen LogP contribution in [0.5, 0.6) is 0 Å². The fourth-order valence-electron chi connectivity index (χ4n) is 1.88. The van der Waals surface area contributed by atoms with Crippen LogP contribution in [0.3, 0.4) is 0 Å². The standard InChI is InChI=1S/C12H25N3O2S/c1-12(2,3)17-11(16)14-9-10-5-7-15(8-6-10)18-13-4/h10,13H,5-9H2,1-4H3,(H,14,16). The van der Waals surface area contributed by atoms with Gasteiger partial charge in [0.2, 0.25) is 0 Å². The molecule has 18 heavy (non-hydrogen) atoms. The highest BCUT2D eigenvalue weighted by atomic mass is 32.2. The molecule has 0 aromatic rings. The summed E-state index contributed by atoms with van der Waals surface area (Å²) in [4.78, 5) is 11.5. The Balaban J connectivity index is 2.16. The number of ether oxygens (including phenoxy) is 1. The first-order valence-electron chi connectivity index (χ1n) is 6.46. The van der Waals surface area contributed by atoms with Gasteiger partial charge in [0.15, 0.2) is 0 Å². The van der Waals surface area contributed by atoms with E-state index >= 15 is 0 Å². The molecule has 0 aromatic heterocycles. The van der Waals surface area contributed by atoms with Crippen molar-refractivity contribution in [3.8, 4) is 0 Å². The summed E-state index contributed by atoms with van der Waals surface area (Å²) >= 11 is 1.66. The summed E-state index contributed by atoms with van der Waals surface area (Å²) in [5.41, 5.74) is -0.420. The quantitative estimate of drug-likeness (QED) is 0.769. The fraction of sp³-hybridized carbons (Fsp3) is 0.917. The van der Waals surface area contributed by atoms with E-state index in [9.17, 15) is 4.79 Å². The van der Waals surface area contributed by atoms with E-state index in [-0.39, 0.29) is 6.09 Å². The summed E-state index contributed by atoms with van der Waals surface area (Å²) in [6.45, 7) is 8.46. The molecule has 1 saturated heterocycles. The van der Waals surface area contributed by atoms with Crippen LogP contribution in [0.15, 0.2) is 0 Å². The summed E-state index contributed by atoms with van der Waals surface area (Å²) < 4.78 is 10.6. The van der Waals surface area contributed by atoms with Crippen LogP contribution in [0.1, 0.15) is 33.6 Å². The summed E-state index contributed by atoms with van der Waals surface area (Å²) in [5, 5.41) is 2.85. The second-order valence-electron chi connectivity index (χ2n) is 5.55. The molecular weight excluding hydrogens is 250 g/mol. The predicted octanol–water partition coefficient (Wildman–Crippen LogP) is 2.01. The molecular formula is C12H25N3O2S. The predicted molar refractivity (Wildman–Crippen MR) is 75.2 cm³/mol. The number of alkyl carbamates (subject to hydrolysis) is 1. The normalized spacial score (nSPS) is 18.7. The molecule has 1 aliphatic rings. The molecule has 2 N–H and O–H groups in total. The molecule has 0 radical (unpaired) electrons. The molecule has 0 aliphatic carbocycles. The van der Waals surface area contributed by atoms with Crippen LogP contribution in [-0.4, -0.2) is 42.7 Å². The number of nitrogens with zero attached hydrogens (tertiary/aromatic N) is 1. The highest BCUT2D eigenvalue weighted by Gasteiger charge is 2.21. The van der Waals surface area contributed by atoms with Crippen LogP contribution >= 0.6 is 12.1 Å². The van der Waals surface area contributed by atoms with Gasteiger partial charge in [0.25, 0.3) is 0 Å². The first-order valence-corrected chi connectivity index (χ1v) is 7.23. The number of amides is 1. The largest absolute Gasteiger partial charge is 0.444 e. The maximum Gasteiger partial charge on any atom is 0.407 e. The number of carbonyl (C=O) groups is 1. The lowest BCUT2D eigenvalue weighted by Crippen LogP contribution is -2.39. The molecule has 5 nitrogen and oxygen atoms in total. The van der Waals surface area contributed by atoms with E-state index in [2.05, 4.69) is 14.3 Å². The van der Waals surface area contributed by atoms with Crippen molar-refractivity contribution >= 4 is 18.2 Å². The third kappa shape index (κ3) is 6.47. The zero-order valence-corrected chi connectivity index (χ0v) is 12.6. The topological polar surface area (TPSA) is 53.6 Å². The van der Waals surface area contributed by atoms with Gasteiger partial charge in [0, 0.05) is 31.8 Å². The Morgan fingerprint density at radius 2 is 2.00 bits per heavy atom. The Labute approximate surface area is 114 Å². The van der Waals surface area contributed by atoms with Gasteiger partial charge in [-0.05, 0) is 46.6 Å². The van der Waals surface area contributed by atoms with Crippen molar-refractivity contribution in [1.82, 2.24) is 14.3 Å². The Bertz CT molecular complexity index is 261. The van der Waals surface area contributed by atoms with Crippen molar-refractivity contribution in [2.45, 2.75) is 39.2 Å². The Kier molecular flexibility index (Phi) is 6.25. The van der Waals surface area contributed by atoms with Crippen LogP contribution in [0.25, 0.3) is 0 Å². The highest BCUT2D eigenvalue weighted by Crippen LogP contribution is 2.20. The number of carbonyl (C=O) groups excluding carboxylic acids is 1. The Hall–Kier alpha value is -0.460. The number of nitrogens with one attached hydrogen (secondary N) is 2. The van der Waals surface area contributed by atoms with Crippen LogP contribution in [0.4, 0.5) is 4.79 Å². The molecule has 0 aromatic carbocycles. The zero-order valence-electron chi connectivity index (χ0n) is 11.8. The zero-order chi connectivity index (χ0) is 13.6. The maximum atomic E-state index is 11.5. The van der Waals surface area contributed by atoms with E-state index in [0.29, 0.717) is 12.5 Å². The van der Waals surface area contributed by atoms with Crippen molar-refractivity contribution in [2.75, 3.05) is 26.7 Å². The van der Waals surface area contributed by atoms with E-state index in [1.54, 1.807) is 12.1 Å². The molecule has 0 spiro atoms. The van der Waals surface area contributed by atoms with Gasteiger partial charge in [-0.25, -0.2) is 9.10 Å². The molecule has 0 bridgehead atoms. The minimum atomic E-state index is -0.420. The first-order chi connectivity index (χ1) is 8.40. The molecule has 1 aliphatic heterocycles. The summed E-state index contributed by atoms with van der Waals surface area (Å²) in [6, 6.07) is 0. The van der Waals surface area contributed by atoms with Crippen LogP contribution in [0, 0.1) is 5.92 Å². The molecule has 6 heteroatoms. The van der Waals surface area contributed by atoms with Gasteiger partial charge in [-0.15, -0.1) is 0 Å². The third-order valence-electron chi connectivity index (χ3n) is 2.73. The SMILES string of the molecule is CNSN1CCC(CNC(=O)OC(C)(C)C)CC1. The van der Waals surface area contributed by atoms with E-state index in [0.717, 1.165) is 25.9 Å². The van der Waals surface area contributed by atoms with Gasteiger partial charge in [-0.1, -0.05) is 0 Å². The Morgan fingerprint density at radius 3 is 2.50 bits per heavy atom. The van der Waals surface area contributed by atoms with Gasteiger partial charge in [-0.2, -0.15) is 0 Å². The minimum absolute atomic E-state index is 0.311.